The van der Waals surface area contributed by atoms with Crippen molar-refractivity contribution in [2.75, 3.05) is 36.5 Å². The standard InChI is InChI=1S/C21H27BrN4O5S/c1-4-13-9-17(20(21(29)24-2)25-15-7-5-14(22)6-8-15)18(23)10-19(13)26(32(3,30)31)11-16(28)12-27/h5-10,16,27-28H,4,11-12,23H2,1-3H3,(H,24,29)/t16-/m0/s1. The van der Waals surface area contributed by atoms with Crippen LogP contribution in [0, 0.1) is 0 Å². The van der Waals surface area contributed by atoms with Crippen LogP contribution in [0.2, 0.25) is 0 Å². The molecule has 0 saturated carbocycles. The van der Waals surface area contributed by atoms with Gasteiger partial charge in [-0.05, 0) is 48.4 Å². The molecule has 0 unspecified atom stereocenters. The molecule has 0 spiro atoms. The molecule has 5 N–H and O–H groups in total. The highest BCUT2D eigenvalue weighted by atomic mass is 79.9. The third-order valence-corrected chi connectivity index (χ3v) is 6.33. The summed E-state index contributed by atoms with van der Waals surface area (Å²) in [6.07, 6.45) is 0.158. The van der Waals surface area contributed by atoms with E-state index in [-0.39, 0.29) is 23.6 Å². The van der Waals surface area contributed by atoms with Gasteiger partial charge in [0.1, 0.15) is 5.71 Å². The number of nitrogen functional groups attached to an aromatic ring is 1. The number of nitrogens with zero attached hydrogens (tertiary/aromatic N) is 2. The largest absolute Gasteiger partial charge is 0.398 e. The molecule has 0 aromatic heterocycles. The monoisotopic (exact) mass is 526 g/mol. The summed E-state index contributed by atoms with van der Waals surface area (Å²) in [5.74, 6) is -0.454. The number of benzene rings is 2. The van der Waals surface area contributed by atoms with E-state index in [2.05, 4.69) is 26.2 Å². The van der Waals surface area contributed by atoms with Gasteiger partial charge in [-0.15, -0.1) is 0 Å². The first-order chi connectivity index (χ1) is 15.0. The molecule has 0 aliphatic heterocycles. The minimum absolute atomic E-state index is 0.0786. The van der Waals surface area contributed by atoms with Gasteiger partial charge in [0.2, 0.25) is 10.0 Å². The van der Waals surface area contributed by atoms with Gasteiger partial charge in [0.05, 0.1) is 36.9 Å². The molecular formula is C21H27BrN4O5S. The zero-order chi connectivity index (χ0) is 24.1. The van der Waals surface area contributed by atoms with Crippen LogP contribution in [0.4, 0.5) is 17.1 Å². The average Bonchev–Trinajstić information content (AvgIpc) is 2.75. The Kier molecular flexibility index (Phi) is 8.79. The first-order valence-corrected chi connectivity index (χ1v) is 12.4. The fourth-order valence-electron chi connectivity index (χ4n) is 3.03. The summed E-state index contributed by atoms with van der Waals surface area (Å²) < 4.78 is 26.7. The first kappa shape index (κ1) is 25.8. The van der Waals surface area contributed by atoms with Crippen LogP contribution in [0.15, 0.2) is 45.9 Å². The second-order valence-corrected chi connectivity index (χ2v) is 9.89. The number of hydrogen-bond donors (Lipinski definition) is 4. The number of likely N-dealkylation sites (N-methyl/N-ethyl adjacent to an activating group) is 1. The van der Waals surface area contributed by atoms with Crippen LogP contribution in [-0.4, -0.2) is 62.8 Å². The summed E-state index contributed by atoms with van der Waals surface area (Å²) in [5.41, 5.74) is 8.22. The maximum atomic E-state index is 12.6. The van der Waals surface area contributed by atoms with Crippen LogP contribution < -0.4 is 15.4 Å². The van der Waals surface area contributed by atoms with Gasteiger partial charge in [0, 0.05) is 22.8 Å². The number of anilines is 2. The van der Waals surface area contributed by atoms with Gasteiger partial charge in [-0.3, -0.25) is 9.10 Å². The summed E-state index contributed by atoms with van der Waals surface area (Å²) in [6, 6.07) is 10.1. The number of carbonyl (C=O) groups is 1. The van der Waals surface area contributed by atoms with Crippen LogP contribution in [0.3, 0.4) is 0 Å². The smallest absolute Gasteiger partial charge is 0.270 e. The second-order valence-electron chi connectivity index (χ2n) is 7.07. The molecule has 0 saturated heterocycles. The maximum absolute atomic E-state index is 12.6. The Labute approximate surface area is 196 Å². The fourth-order valence-corrected chi connectivity index (χ4v) is 4.26. The van der Waals surface area contributed by atoms with Gasteiger partial charge in [0.15, 0.2) is 0 Å². The van der Waals surface area contributed by atoms with Crippen molar-refractivity contribution in [3.8, 4) is 0 Å². The molecule has 32 heavy (non-hydrogen) atoms. The van der Waals surface area contributed by atoms with Crippen molar-refractivity contribution in [2.45, 2.75) is 19.4 Å². The van der Waals surface area contributed by atoms with E-state index in [1.165, 1.54) is 13.1 Å². The van der Waals surface area contributed by atoms with Crippen molar-refractivity contribution < 1.29 is 23.4 Å². The highest BCUT2D eigenvalue weighted by Crippen LogP contribution is 2.31. The normalized spacial score (nSPS) is 13.0. The molecule has 9 nitrogen and oxygen atoms in total. The molecule has 11 heteroatoms. The van der Waals surface area contributed by atoms with Crippen molar-refractivity contribution in [1.29, 1.82) is 0 Å². The van der Waals surface area contributed by atoms with Crippen LogP contribution in [0.5, 0.6) is 0 Å². The number of aryl methyl sites for hydroxylation is 1. The van der Waals surface area contributed by atoms with Gasteiger partial charge in [-0.25, -0.2) is 13.4 Å². The molecule has 2 aromatic rings. The number of carbonyl (C=O) groups excluding carboxylic acids is 1. The van der Waals surface area contributed by atoms with E-state index in [1.807, 2.05) is 6.92 Å². The zero-order valence-corrected chi connectivity index (χ0v) is 20.4. The second kappa shape index (κ2) is 10.9. The van der Waals surface area contributed by atoms with E-state index >= 15 is 0 Å². The quantitative estimate of drug-likeness (QED) is 0.288. The fraction of sp³-hybridized carbons (Fsp3) is 0.333. The Hall–Kier alpha value is -2.47. The molecule has 0 heterocycles. The van der Waals surface area contributed by atoms with E-state index in [0.29, 0.717) is 23.2 Å². The SMILES string of the molecule is CCc1cc(C(=Nc2ccc(Br)cc2)C(=O)NC)c(N)cc1N(C[C@H](O)CO)S(C)(=O)=O. The van der Waals surface area contributed by atoms with Gasteiger partial charge in [-0.2, -0.15) is 0 Å². The summed E-state index contributed by atoms with van der Waals surface area (Å²) in [7, 11) is -2.31. The van der Waals surface area contributed by atoms with Crippen LogP contribution in [0.25, 0.3) is 0 Å². The van der Waals surface area contributed by atoms with Crippen LogP contribution >= 0.6 is 15.9 Å². The Morgan fingerprint density at radius 3 is 2.41 bits per heavy atom. The number of aliphatic imine (C=N–C) groups is 1. The number of halogens is 1. The van der Waals surface area contributed by atoms with Gasteiger partial charge < -0.3 is 21.3 Å². The van der Waals surface area contributed by atoms with Crippen molar-refractivity contribution in [1.82, 2.24) is 5.32 Å². The predicted molar refractivity (Wildman–Crippen MR) is 130 cm³/mol. The maximum Gasteiger partial charge on any atom is 0.270 e. The lowest BCUT2D eigenvalue weighted by Gasteiger charge is -2.27. The number of hydrogen-bond acceptors (Lipinski definition) is 7. The van der Waals surface area contributed by atoms with Crippen molar-refractivity contribution in [2.24, 2.45) is 4.99 Å². The number of amides is 1. The van der Waals surface area contributed by atoms with Crippen LogP contribution in [-0.2, 0) is 21.2 Å². The van der Waals surface area contributed by atoms with E-state index in [1.54, 1.807) is 30.3 Å². The zero-order valence-electron chi connectivity index (χ0n) is 18.0. The number of nitrogens with one attached hydrogen (secondary N) is 1. The Morgan fingerprint density at radius 1 is 1.28 bits per heavy atom. The van der Waals surface area contributed by atoms with Gasteiger partial charge in [-0.1, -0.05) is 22.9 Å². The predicted octanol–water partition coefficient (Wildman–Crippen LogP) is 1.58. The highest BCUT2D eigenvalue weighted by Gasteiger charge is 2.26. The third-order valence-electron chi connectivity index (χ3n) is 4.65. The summed E-state index contributed by atoms with van der Waals surface area (Å²) in [6.45, 7) is 0.894. The number of aliphatic hydroxyl groups excluding tert-OH is 2. The number of aliphatic hydroxyl groups is 2. The van der Waals surface area contributed by atoms with E-state index in [4.69, 9.17) is 5.73 Å². The van der Waals surface area contributed by atoms with Gasteiger partial charge >= 0.3 is 0 Å². The molecule has 0 fully saturated rings. The molecule has 2 rings (SSSR count). The number of nitrogens with two attached hydrogens (primary N) is 1. The lowest BCUT2D eigenvalue weighted by atomic mass is 10.00. The molecular weight excluding hydrogens is 500 g/mol. The Balaban J connectivity index is 2.68. The van der Waals surface area contributed by atoms with E-state index in [9.17, 15) is 23.4 Å². The first-order valence-electron chi connectivity index (χ1n) is 9.77. The van der Waals surface area contributed by atoms with Crippen molar-refractivity contribution >= 4 is 54.6 Å². The lowest BCUT2D eigenvalue weighted by Crippen LogP contribution is -2.39. The summed E-state index contributed by atoms with van der Waals surface area (Å²) in [5, 5.41) is 21.6. The molecule has 0 aliphatic carbocycles. The number of rotatable bonds is 9. The van der Waals surface area contributed by atoms with Crippen molar-refractivity contribution in [3.63, 3.8) is 0 Å². The molecule has 174 valence electrons. The van der Waals surface area contributed by atoms with E-state index < -0.39 is 28.6 Å². The lowest BCUT2D eigenvalue weighted by molar-refractivity contribution is -0.114. The molecule has 0 bridgehead atoms. The minimum Gasteiger partial charge on any atom is -0.398 e. The third kappa shape index (κ3) is 6.28. The highest BCUT2D eigenvalue weighted by molar-refractivity contribution is 9.10. The summed E-state index contributed by atoms with van der Waals surface area (Å²) >= 11 is 3.35. The van der Waals surface area contributed by atoms with E-state index in [0.717, 1.165) is 15.0 Å². The summed E-state index contributed by atoms with van der Waals surface area (Å²) in [4.78, 5) is 17.1. The average molecular weight is 527 g/mol. The Morgan fingerprint density at radius 2 is 1.91 bits per heavy atom. The molecule has 1 atom stereocenters. The van der Waals surface area contributed by atoms with Crippen LogP contribution in [0.1, 0.15) is 18.1 Å². The molecule has 2 aromatic carbocycles. The topological polar surface area (TPSA) is 145 Å². The number of sulfonamides is 1. The van der Waals surface area contributed by atoms with Gasteiger partial charge in [0.25, 0.3) is 5.91 Å². The van der Waals surface area contributed by atoms with Crippen molar-refractivity contribution in [3.05, 3.63) is 52.0 Å². The molecule has 0 radical (unpaired) electrons. The molecule has 1 amide bonds. The minimum atomic E-state index is -3.79. The molecule has 0 aliphatic rings. The Bertz CT molecular complexity index is 1100.